The van der Waals surface area contributed by atoms with Gasteiger partial charge in [-0.15, -0.1) is 0 Å². The standard InChI is InChI=1S/C12H13FN2O5/c1-12(2,11(17)18)14(3)10(16)8-6-7(15(19)20)4-5-9(8)13/h4-6H,1-3H3,(H,17,18). The van der Waals surface area contributed by atoms with Crippen LogP contribution in [0, 0.1) is 15.9 Å². The topological polar surface area (TPSA) is 101 Å². The third kappa shape index (κ3) is 2.73. The summed E-state index contributed by atoms with van der Waals surface area (Å²) >= 11 is 0. The van der Waals surface area contributed by atoms with E-state index in [4.69, 9.17) is 5.11 Å². The Labute approximate surface area is 113 Å². The van der Waals surface area contributed by atoms with Gasteiger partial charge in [-0.05, 0) is 19.9 Å². The molecule has 0 unspecified atom stereocenters. The van der Waals surface area contributed by atoms with Crippen LogP contribution in [0.15, 0.2) is 18.2 Å². The quantitative estimate of drug-likeness (QED) is 0.669. The van der Waals surface area contributed by atoms with E-state index in [9.17, 15) is 24.1 Å². The van der Waals surface area contributed by atoms with Crippen LogP contribution in [0.2, 0.25) is 0 Å². The van der Waals surface area contributed by atoms with E-state index in [0.29, 0.717) is 0 Å². The first-order chi connectivity index (χ1) is 9.09. The third-order valence-electron chi connectivity index (χ3n) is 3.06. The molecule has 0 radical (unpaired) electrons. The van der Waals surface area contributed by atoms with E-state index >= 15 is 0 Å². The molecule has 20 heavy (non-hydrogen) atoms. The molecule has 0 bridgehead atoms. The summed E-state index contributed by atoms with van der Waals surface area (Å²) in [5, 5.41) is 19.6. The molecule has 7 nitrogen and oxygen atoms in total. The first kappa shape index (κ1) is 15.5. The molecule has 1 aromatic rings. The fraction of sp³-hybridized carbons (Fsp3) is 0.333. The van der Waals surface area contributed by atoms with Crippen LogP contribution in [0.4, 0.5) is 10.1 Å². The van der Waals surface area contributed by atoms with Crippen molar-refractivity contribution < 1.29 is 24.0 Å². The third-order valence-corrected chi connectivity index (χ3v) is 3.06. The largest absolute Gasteiger partial charge is 0.480 e. The Kier molecular flexibility index (Phi) is 4.07. The Bertz CT molecular complexity index is 585. The number of nitro benzene ring substituents is 1. The van der Waals surface area contributed by atoms with Gasteiger partial charge in [0.1, 0.15) is 11.4 Å². The van der Waals surface area contributed by atoms with Gasteiger partial charge in [-0.1, -0.05) is 0 Å². The van der Waals surface area contributed by atoms with E-state index in [0.717, 1.165) is 23.1 Å². The minimum atomic E-state index is -1.58. The van der Waals surface area contributed by atoms with Gasteiger partial charge in [0.25, 0.3) is 11.6 Å². The molecule has 0 fully saturated rings. The lowest BCUT2D eigenvalue weighted by Gasteiger charge is -2.31. The lowest BCUT2D eigenvalue weighted by molar-refractivity contribution is -0.384. The number of aliphatic carboxylic acids is 1. The number of hydrogen-bond acceptors (Lipinski definition) is 4. The summed E-state index contributed by atoms with van der Waals surface area (Å²) in [5.74, 6) is -3.17. The smallest absolute Gasteiger partial charge is 0.329 e. The van der Waals surface area contributed by atoms with E-state index in [1.807, 2.05) is 0 Å². The molecule has 1 amide bonds. The number of nitro groups is 1. The number of rotatable bonds is 4. The number of carboxylic acid groups (broad SMARTS) is 1. The number of non-ortho nitro benzene ring substituents is 1. The van der Waals surface area contributed by atoms with Crippen molar-refractivity contribution in [1.82, 2.24) is 4.90 Å². The number of carbonyl (C=O) groups excluding carboxylic acids is 1. The van der Waals surface area contributed by atoms with Crippen molar-refractivity contribution in [2.75, 3.05) is 7.05 Å². The van der Waals surface area contributed by atoms with Crippen LogP contribution in [0.3, 0.4) is 0 Å². The number of hydrogen-bond donors (Lipinski definition) is 1. The van der Waals surface area contributed by atoms with Crippen molar-refractivity contribution in [2.24, 2.45) is 0 Å². The lowest BCUT2D eigenvalue weighted by atomic mass is 10.0. The van der Waals surface area contributed by atoms with E-state index in [2.05, 4.69) is 0 Å². The number of carboxylic acids is 1. The maximum absolute atomic E-state index is 13.6. The van der Waals surface area contributed by atoms with Crippen LogP contribution < -0.4 is 0 Å². The number of halogens is 1. The van der Waals surface area contributed by atoms with Crippen LogP contribution in [0.1, 0.15) is 24.2 Å². The molecule has 1 rings (SSSR count). The van der Waals surface area contributed by atoms with Gasteiger partial charge in [0.05, 0.1) is 10.5 Å². The van der Waals surface area contributed by atoms with E-state index < -0.39 is 39.4 Å². The number of likely N-dealkylation sites (N-methyl/N-ethyl adjacent to an activating group) is 1. The average molecular weight is 284 g/mol. The fourth-order valence-corrected chi connectivity index (χ4v) is 1.37. The first-order valence-electron chi connectivity index (χ1n) is 5.54. The summed E-state index contributed by atoms with van der Waals surface area (Å²) in [5.41, 5.74) is -2.57. The van der Waals surface area contributed by atoms with Crippen molar-refractivity contribution in [3.63, 3.8) is 0 Å². The highest BCUT2D eigenvalue weighted by Crippen LogP contribution is 2.21. The van der Waals surface area contributed by atoms with Crippen molar-refractivity contribution in [1.29, 1.82) is 0 Å². The first-order valence-corrected chi connectivity index (χ1v) is 5.54. The highest BCUT2D eigenvalue weighted by Gasteiger charge is 2.36. The van der Waals surface area contributed by atoms with E-state index in [1.54, 1.807) is 0 Å². The molecule has 0 aliphatic carbocycles. The zero-order chi connectivity index (χ0) is 15.7. The Morgan fingerprint density at radius 2 is 1.95 bits per heavy atom. The van der Waals surface area contributed by atoms with E-state index in [-0.39, 0.29) is 0 Å². The molecule has 0 atom stereocenters. The summed E-state index contributed by atoms with van der Waals surface area (Å²) in [4.78, 5) is 33.8. The molecular formula is C12H13FN2O5. The van der Waals surface area contributed by atoms with Crippen LogP contribution in [0.5, 0.6) is 0 Å². The number of benzene rings is 1. The van der Waals surface area contributed by atoms with Crippen molar-refractivity contribution in [2.45, 2.75) is 19.4 Å². The maximum atomic E-state index is 13.6. The van der Waals surface area contributed by atoms with Gasteiger partial charge in [0.2, 0.25) is 0 Å². The van der Waals surface area contributed by atoms with Gasteiger partial charge in [-0.3, -0.25) is 14.9 Å². The van der Waals surface area contributed by atoms with Crippen molar-refractivity contribution in [3.8, 4) is 0 Å². The Hall–Kier alpha value is -2.51. The summed E-state index contributed by atoms with van der Waals surface area (Å²) < 4.78 is 13.6. The molecular weight excluding hydrogens is 271 g/mol. The molecule has 0 heterocycles. The van der Waals surface area contributed by atoms with Crippen molar-refractivity contribution >= 4 is 17.6 Å². The van der Waals surface area contributed by atoms with Gasteiger partial charge in [0, 0.05) is 19.2 Å². The second-order valence-electron chi connectivity index (χ2n) is 4.65. The summed E-state index contributed by atoms with van der Waals surface area (Å²) in [6.07, 6.45) is 0. The van der Waals surface area contributed by atoms with Crippen molar-refractivity contribution in [3.05, 3.63) is 39.7 Å². The number of amides is 1. The molecule has 0 aromatic heterocycles. The van der Waals surface area contributed by atoms with Gasteiger partial charge >= 0.3 is 5.97 Å². The van der Waals surface area contributed by atoms with E-state index in [1.165, 1.54) is 20.9 Å². The zero-order valence-electron chi connectivity index (χ0n) is 11.1. The SMILES string of the molecule is CN(C(=O)c1cc([N+](=O)[O-])ccc1F)C(C)(C)C(=O)O. The Morgan fingerprint density at radius 1 is 1.40 bits per heavy atom. The second-order valence-corrected chi connectivity index (χ2v) is 4.65. The number of carbonyl (C=O) groups is 2. The molecule has 0 saturated heterocycles. The van der Waals surface area contributed by atoms with Gasteiger partial charge < -0.3 is 10.0 Å². The average Bonchev–Trinajstić information content (AvgIpc) is 2.36. The molecule has 0 aliphatic heterocycles. The Balaban J connectivity index is 3.24. The van der Waals surface area contributed by atoms with Crippen LogP contribution in [-0.4, -0.2) is 39.4 Å². The monoisotopic (exact) mass is 284 g/mol. The zero-order valence-corrected chi connectivity index (χ0v) is 11.1. The molecule has 0 spiro atoms. The maximum Gasteiger partial charge on any atom is 0.329 e. The minimum absolute atomic E-state index is 0.448. The normalized spacial score (nSPS) is 11.0. The molecule has 0 aliphatic rings. The summed E-state index contributed by atoms with van der Waals surface area (Å²) in [7, 11) is 1.19. The van der Waals surface area contributed by atoms with Crippen LogP contribution in [0.25, 0.3) is 0 Å². The Morgan fingerprint density at radius 3 is 2.40 bits per heavy atom. The van der Waals surface area contributed by atoms with Crippen LogP contribution in [-0.2, 0) is 4.79 Å². The van der Waals surface area contributed by atoms with Gasteiger partial charge in [-0.2, -0.15) is 0 Å². The van der Waals surface area contributed by atoms with Gasteiger partial charge in [0.15, 0.2) is 0 Å². The minimum Gasteiger partial charge on any atom is -0.480 e. The van der Waals surface area contributed by atoms with Gasteiger partial charge in [-0.25, -0.2) is 9.18 Å². The summed E-state index contributed by atoms with van der Waals surface area (Å²) in [6, 6.07) is 2.51. The highest BCUT2D eigenvalue weighted by molar-refractivity contribution is 5.98. The lowest BCUT2D eigenvalue weighted by Crippen LogP contribution is -2.50. The molecule has 1 N–H and O–H groups in total. The molecule has 1 aromatic carbocycles. The highest BCUT2D eigenvalue weighted by atomic mass is 19.1. The summed E-state index contributed by atoms with van der Waals surface area (Å²) in [6.45, 7) is 2.53. The molecule has 8 heteroatoms. The predicted molar refractivity (Wildman–Crippen MR) is 66.9 cm³/mol. The molecule has 108 valence electrons. The predicted octanol–water partition coefficient (Wildman–Crippen LogP) is 1.67. The van der Waals surface area contributed by atoms with Crippen LogP contribution >= 0.6 is 0 Å². The second kappa shape index (κ2) is 5.24. The fourth-order valence-electron chi connectivity index (χ4n) is 1.37. The number of nitrogens with zero attached hydrogens (tertiary/aromatic N) is 2. The molecule has 0 saturated carbocycles.